The van der Waals surface area contributed by atoms with Crippen molar-refractivity contribution in [1.29, 1.82) is 0 Å². The maximum absolute atomic E-state index is 10.6. The molecule has 0 saturated heterocycles. The van der Waals surface area contributed by atoms with Crippen LogP contribution in [0.5, 0.6) is 0 Å². The largest absolute Gasteiger partial charge is 0.383 e. The van der Waals surface area contributed by atoms with Crippen LogP contribution in [0, 0.1) is 0 Å². The Bertz CT molecular complexity index is 251. The van der Waals surface area contributed by atoms with Crippen LogP contribution in [-0.2, 0) is 4.57 Å². The zero-order valence-corrected chi connectivity index (χ0v) is 10.4. The SMILES string of the molecule is CC[N+](C)(C)CCNC(=S)P(=O)(O)O. The lowest BCUT2D eigenvalue weighted by molar-refractivity contribution is -0.887. The van der Waals surface area contributed by atoms with Gasteiger partial charge in [-0.25, -0.2) is 0 Å². The predicted octanol–water partition coefficient (Wildman–Crippen LogP) is 0.135. The zero-order chi connectivity index (χ0) is 11.4. The van der Waals surface area contributed by atoms with Gasteiger partial charge < -0.3 is 19.6 Å². The van der Waals surface area contributed by atoms with Gasteiger partial charge in [-0.3, -0.25) is 4.57 Å². The number of hydrogen-bond donors (Lipinski definition) is 3. The third kappa shape index (κ3) is 5.67. The molecule has 0 aromatic carbocycles. The summed E-state index contributed by atoms with van der Waals surface area (Å²) in [5.74, 6) is 0. The van der Waals surface area contributed by atoms with Crippen LogP contribution < -0.4 is 5.32 Å². The average molecular weight is 241 g/mol. The quantitative estimate of drug-likeness (QED) is 0.363. The fourth-order valence-corrected chi connectivity index (χ4v) is 1.15. The van der Waals surface area contributed by atoms with Crippen molar-refractivity contribution in [3.8, 4) is 0 Å². The van der Waals surface area contributed by atoms with E-state index in [2.05, 4.69) is 24.5 Å². The fourth-order valence-electron chi connectivity index (χ4n) is 0.727. The van der Waals surface area contributed by atoms with Gasteiger partial charge in [-0.1, -0.05) is 12.2 Å². The molecule has 0 saturated carbocycles. The van der Waals surface area contributed by atoms with Gasteiger partial charge in [0, 0.05) is 0 Å². The molecule has 7 heteroatoms. The molecule has 0 unspecified atom stereocenters. The number of quaternary nitrogens is 1. The van der Waals surface area contributed by atoms with E-state index in [-0.39, 0.29) is 4.73 Å². The number of rotatable bonds is 5. The van der Waals surface area contributed by atoms with Crippen LogP contribution in [0.3, 0.4) is 0 Å². The van der Waals surface area contributed by atoms with Gasteiger partial charge in [0.2, 0.25) is 0 Å². The van der Waals surface area contributed by atoms with Gasteiger partial charge in [-0.15, -0.1) is 0 Å². The maximum atomic E-state index is 10.6. The molecule has 0 heterocycles. The minimum Gasteiger partial charge on any atom is -0.364 e. The van der Waals surface area contributed by atoms with Gasteiger partial charge in [-0.2, -0.15) is 0 Å². The molecule has 0 aromatic rings. The van der Waals surface area contributed by atoms with E-state index in [4.69, 9.17) is 9.79 Å². The second-order valence-electron chi connectivity index (χ2n) is 3.75. The molecule has 3 N–H and O–H groups in total. The summed E-state index contributed by atoms with van der Waals surface area (Å²) >= 11 is 4.53. The lowest BCUT2D eigenvalue weighted by Gasteiger charge is -2.28. The zero-order valence-electron chi connectivity index (χ0n) is 8.73. The molecule has 0 fully saturated rings. The number of nitrogens with one attached hydrogen (secondary N) is 1. The van der Waals surface area contributed by atoms with Gasteiger partial charge in [0.1, 0.15) is 0 Å². The van der Waals surface area contributed by atoms with E-state index < -0.39 is 7.60 Å². The van der Waals surface area contributed by atoms with E-state index in [1.165, 1.54) is 0 Å². The molecular weight excluding hydrogens is 223 g/mol. The van der Waals surface area contributed by atoms with E-state index in [0.717, 1.165) is 17.6 Å². The van der Waals surface area contributed by atoms with Gasteiger partial charge in [0.25, 0.3) is 0 Å². The van der Waals surface area contributed by atoms with Crippen molar-refractivity contribution in [2.75, 3.05) is 33.7 Å². The molecule has 0 amide bonds. The van der Waals surface area contributed by atoms with Crippen molar-refractivity contribution in [2.45, 2.75) is 6.92 Å². The highest BCUT2D eigenvalue weighted by Crippen LogP contribution is 2.34. The first kappa shape index (κ1) is 14.0. The first-order valence-corrected chi connectivity index (χ1v) is 6.37. The molecule has 0 rings (SSSR count). The van der Waals surface area contributed by atoms with Crippen molar-refractivity contribution in [3.05, 3.63) is 0 Å². The van der Waals surface area contributed by atoms with Crippen molar-refractivity contribution in [2.24, 2.45) is 0 Å². The molecule has 5 nitrogen and oxygen atoms in total. The number of likely N-dealkylation sites (N-methyl/N-ethyl adjacent to an activating group) is 1. The van der Waals surface area contributed by atoms with Crippen LogP contribution >= 0.6 is 19.8 Å². The maximum Gasteiger partial charge on any atom is 0.383 e. The van der Waals surface area contributed by atoms with Crippen LogP contribution in [-0.4, -0.2) is 52.7 Å². The lowest BCUT2D eigenvalue weighted by atomic mass is 10.4. The lowest BCUT2D eigenvalue weighted by Crippen LogP contribution is -2.44. The monoisotopic (exact) mass is 241 g/mol. The van der Waals surface area contributed by atoms with Crippen LogP contribution in [0.4, 0.5) is 0 Å². The van der Waals surface area contributed by atoms with Gasteiger partial charge >= 0.3 is 7.60 Å². The Morgan fingerprint density at radius 1 is 1.50 bits per heavy atom. The topological polar surface area (TPSA) is 69.6 Å². The third-order valence-electron chi connectivity index (χ3n) is 2.11. The smallest absolute Gasteiger partial charge is 0.364 e. The standard InChI is InChI=1S/C7H17N2O3PS/c1-4-9(2,3)6-5-8-7(14)13(10,11)12/h4-6H2,1-3H3,(H2-,8,10,11,12,14)/p+1. The highest BCUT2D eigenvalue weighted by Gasteiger charge is 2.21. The molecule has 84 valence electrons. The van der Waals surface area contributed by atoms with E-state index in [1.807, 2.05) is 14.1 Å². The molecule has 0 aromatic heterocycles. The minimum absolute atomic E-state index is 0.367. The normalized spacial score (nSPS) is 12.6. The van der Waals surface area contributed by atoms with Crippen molar-refractivity contribution in [1.82, 2.24) is 5.32 Å². The van der Waals surface area contributed by atoms with Gasteiger partial charge in [0.15, 0.2) is 4.73 Å². The van der Waals surface area contributed by atoms with Crippen molar-refractivity contribution < 1.29 is 18.8 Å². The molecule has 0 aliphatic heterocycles. The summed E-state index contributed by atoms with van der Waals surface area (Å²) in [5, 5.41) is 2.57. The second kappa shape index (κ2) is 5.19. The van der Waals surface area contributed by atoms with Gasteiger partial charge in [-0.05, 0) is 6.92 Å². The Hall–Kier alpha value is 0.0000000000000000139. The predicted molar refractivity (Wildman–Crippen MR) is 60.2 cm³/mol. The first-order chi connectivity index (χ1) is 6.19. The summed E-state index contributed by atoms with van der Waals surface area (Å²) in [7, 11) is -0.146. The average Bonchev–Trinajstić information content (AvgIpc) is 2.02. The fraction of sp³-hybridized carbons (Fsp3) is 0.857. The Labute approximate surface area is 89.9 Å². The Kier molecular flexibility index (Phi) is 5.19. The summed E-state index contributed by atoms with van der Waals surface area (Å²) in [6.45, 7) is 4.27. The van der Waals surface area contributed by atoms with E-state index in [1.54, 1.807) is 0 Å². The summed E-state index contributed by atoms with van der Waals surface area (Å²) in [5.41, 5.74) is 0. The van der Waals surface area contributed by atoms with Crippen LogP contribution in [0.2, 0.25) is 0 Å². The third-order valence-corrected chi connectivity index (χ3v) is 3.66. The van der Waals surface area contributed by atoms with E-state index in [0.29, 0.717) is 6.54 Å². The van der Waals surface area contributed by atoms with Crippen molar-refractivity contribution in [3.63, 3.8) is 0 Å². The Balaban J connectivity index is 3.88. The van der Waals surface area contributed by atoms with Gasteiger partial charge in [0.05, 0.1) is 33.7 Å². The molecule has 0 bridgehead atoms. The number of nitrogens with zero attached hydrogens (tertiary/aromatic N) is 1. The second-order valence-corrected chi connectivity index (χ2v) is 6.00. The van der Waals surface area contributed by atoms with Crippen LogP contribution in [0.25, 0.3) is 0 Å². The first-order valence-electron chi connectivity index (χ1n) is 4.35. The summed E-state index contributed by atoms with van der Waals surface area (Å²) < 4.78 is 11.1. The molecule has 0 radical (unpaired) electrons. The molecule has 14 heavy (non-hydrogen) atoms. The Morgan fingerprint density at radius 3 is 2.36 bits per heavy atom. The highest BCUT2D eigenvalue weighted by molar-refractivity contribution is 7.97. The van der Waals surface area contributed by atoms with Crippen molar-refractivity contribution >= 4 is 24.5 Å². The molecule has 0 spiro atoms. The minimum atomic E-state index is -4.23. The van der Waals surface area contributed by atoms with Crippen LogP contribution in [0.15, 0.2) is 0 Å². The number of hydrogen-bond acceptors (Lipinski definition) is 2. The Morgan fingerprint density at radius 2 is 2.00 bits per heavy atom. The van der Waals surface area contributed by atoms with Crippen LogP contribution in [0.1, 0.15) is 6.92 Å². The van der Waals surface area contributed by atoms with E-state index >= 15 is 0 Å². The molecule has 0 aliphatic carbocycles. The molecule has 0 aliphatic rings. The van der Waals surface area contributed by atoms with E-state index in [9.17, 15) is 4.57 Å². The summed E-state index contributed by atoms with van der Waals surface area (Å²) in [6.07, 6.45) is 0. The molecule has 0 atom stereocenters. The summed E-state index contributed by atoms with van der Waals surface area (Å²) in [6, 6.07) is 0. The highest BCUT2D eigenvalue weighted by atomic mass is 32.1. The summed E-state index contributed by atoms with van der Waals surface area (Å²) in [4.78, 5) is 17.4. The molecular formula is C7H18N2O3PS+. The number of thiocarbonyl (C=S) groups is 1.